The first-order valence-electron chi connectivity index (χ1n) is 12.2. The van der Waals surface area contributed by atoms with Gasteiger partial charge in [0.15, 0.2) is 10.4 Å². The highest BCUT2D eigenvalue weighted by atomic mass is 32.2. The molecule has 0 aliphatic carbocycles. The average Bonchev–Trinajstić information content (AvgIpc) is 3.58. The zero-order valence-electron chi connectivity index (χ0n) is 20.5. The standard InChI is InChI=1S/C25H30N3O4S4/c1-4-26-18-9-6-7-10-19(18)34-21(26)15-22-27(5-2)25(29)20(35-22)12-13-23-28(17(3)16-33-23)14-8-11-24(28)36(30,31)32/h6-7,9-10,12-13,15,17,24H,4-5,8,11,14,16H2,1-3H3/q+1. The summed E-state index contributed by atoms with van der Waals surface area (Å²) in [6, 6.07) is 8.35. The number of quaternary nitrogens is 1. The van der Waals surface area contributed by atoms with Gasteiger partial charge in [-0.05, 0) is 32.9 Å². The predicted octanol–water partition coefficient (Wildman–Crippen LogP) is 2.52. The van der Waals surface area contributed by atoms with Crippen LogP contribution in [0, 0.1) is 0 Å². The molecule has 36 heavy (non-hydrogen) atoms. The molecule has 2 aromatic heterocycles. The molecule has 192 valence electrons. The maximum Gasteiger partial charge on any atom is 0.269 e. The van der Waals surface area contributed by atoms with Crippen molar-refractivity contribution in [3.8, 4) is 0 Å². The summed E-state index contributed by atoms with van der Waals surface area (Å²) < 4.78 is 43.3. The highest BCUT2D eigenvalue weighted by Gasteiger charge is 2.55. The van der Waals surface area contributed by atoms with E-state index in [4.69, 9.17) is 0 Å². The van der Waals surface area contributed by atoms with E-state index in [1.165, 1.54) is 21.6 Å². The van der Waals surface area contributed by atoms with Gasteiger partial charge < -0.3 is 4.55 Å². The lowest BCUT2D eigenvalue weighted by atomic mass is 10.2. The van der Waals surface area contributed by atoms with Crippen LogP contribution in [-0.2, 0) is 23.2 Å². The van der Waals surface area contributed by atoms with Crippen molar-refractivity contribution in [3.05, 3.63) is 59.9 Å². The third-order valence-corrected chi connectivity index (χ3v) is 12.2. The third kappa shape index (κ3) is 4.23. The number of aromatic nitrogens is 2. The van der Waals surface area contributed by atoms with Gasteiger partial charge in [0.1, 0.15) is 32.1 Å². The fraction of sp³-hybridized carbons (Fsp3) is 0.440. The lowest BCUT2D eigenvalue weighted by molar-refractivity contribution is -0.899. The van der Waals surface area contributed by atoms with Gasteiger partial charge in [-0.25, -0.2) is 8.42 Å². The number of hydrogen-bond donors (Lipinski definition) is 0. The first-order chi connectivity index (χ1) is 17.2. The number of rotatable bonds is 5. The van der Waals surface area contributed by atoms with Gasteiger partial charge in [-0.2, -0.15) is 4.57 Å². The molecule has 0 N–H and O–H groups in total. The summed E-state index contributed by atoms with van der Waals surface area (Å²) in [4.78, 5) is 13.3. The van der Waals surface area contributed by atoms with Gasteiger partial charge >= 0.3 is 0 Å². The molecule has 0 radical (unpaired) electrons. The highest BCUT2D eigenvalue weighted by molar-refractivity contribution is 8.03. The summed E-state index contributed by atoms with van der Waals surface area (Å²) in [5.74, 6) is 0.761. The van der Waals surface area contributed by atoms with Crippen molar-refractivity contribution in [2.75, 3.05) is 12.3 Å². The van der Waals surface area contributed by atoms with Crippen LogP contribution >= 0.6 is 34.4 Å². The SMILES string of the molecule is CCn1c(=Cc2sc3ccccc3[n+]2CC)sc(=CC=C2SCC(C)[N+]23CCCC3S(=O)(=O)[O-])c1=O. The van der Waals surface area contributed by atoms with E-state index in [1.54, 1.807) is 27.7 Å². The molecule has 4 heterocycles. The van der Waals surface area contributed by atoms with Crippen LogP contribution in [0.2, 0.25) is 0 Å². The highest BCUT2D eigenvalue weighted by Crippen LogP contribution is 2.48. The van der Waals surface area contributed by atoms with E-state index < -0.39 is 15.5 Å². The second kappa shape index (κ2) is 9.85. The molecule has 0 amide bonds. The molecule has 2 aliphatic rings. The van der Waals surface area contributed by atoms with Crippen LogP contribution in [0.4, 0.5) is 0 Å². The largest absolute Gasteiger partial charge is 0.743 e. The lowest BCUT2D eigenvalue weighted by Gasteiger charge is -2.40. The summed E-state index contributed by atoms with van der Waals surface area (Å²) in [7, 11) is -4.43. The molecule has 7 nitrogen and oxygen atoms in total. The molecule has 1 aromatic carbocycles. The number of para-hydroxylation sites is 1. The quantitative estimate of drug-likeness (QED) is 0.270. The first kappa shape index (κ1) is 25.9. The number of allylic oxidation sites excluding steroid dienone is 1. The Hall–Kier alpha value is -1.76. The van der Waals surface area contributed by atoms with Gasteiger partial charge in [-0.1, -0.05) is 35.2 Å². The Balaban J connectivity index is 1.62. The van der Waals surface area contributed by atoms with Gasteiger partial charge in [-0.15, -0.1) is 11.3 Å². The Labute approximate surface area is 223 Å². The van der Waals surface area contributed by atoms with Crippen LogP contribution in [-0.4, -0.2) is 45.7 Å². The Morgan fingerprint density at radius 2 is 2.00 bits per heavy atom. The maximum atomic E-state index is 13.3. The van der Waals surface area contributed by atoms with E-state index in [9.17, 15) is 17.8 Å². The van der Waals surface area contributed by atoms with E-state index in [1.807, 2.05) is 38.1 Å². The molecule has 5 rings (SSSR count). The summed E-state index contributed by atoms with van der Waals surface area (Å²) >= 11 is 4.76. The molecular formula is C25H30N3O4S4+. The van der Waals surface area contributed by atoms with Crippen molar-refractivity contribution in [1.29, 1.82) is 0 Å². The van der Waals surface area contributed by atoms with Crippen LogP contribution in [0.5, 0.6) is 0 Å². The number of aryl methyl sites for hydroxylation is 1. The Morgan fingerprint density at radius 1 is 1.22 bits per heavy atom. The van der Waals surface area contributed by atoms with Crippen molar-refractivity contribution < 1.29 is 22.0 Å². The zero-order valence-corrected chi connectivity index (χ0v) is 23.8. The van der Waals surface area contributed by atoms with E-state index in [2.05, 4.69) is 29.7 Å². The van der Waals surface area contributed by atoms with E-state index in [-0.39, 0.29) is 16.1 Å². The fourth-order valence-electron chi connectivity index (χ4n) is 5.59. The third-order valence-electron chi connectivity index (χ3n) is 7.33. The van der Waals surface area contributed by atoms with Crippen LogP contribution in [0.15, 0.2) is 40.2 Å². The molecule has 2 aliphatic heterocycles. The second-order valence-corrected chi connectivity index (χ2v) is 13.9. The van der Waals surface area contributed by atoms with Gasteiger partial charge in [-0.3, -0.25) is 13.8 Å². The minimum absolute atomic E-state index is 0.0443. The van der Waals surface area contributed by atoms with Crippen molar-refractivity contribution in [2.45, 2.75) is 58.1 Å². The molecule has 0 bridgehead atoms. The first-order valence-corrected chi connectivity index (χ1v) is 16.3. The number of fused-ring (bicyclic) bond motifs is 1. The number of hydrogen-bond acceptors (Lipinski definition) is 7. The zero-order chi connectivity index (χ0) is 25.7. The molecule has 0 saturated carbocycles. The minimum Gasteiger partial charge on any atom is -0.743 e. The van der Waals surface area contributed by atoms with Gasteiger partial charge in [0.05, 0.1) is 22.9 Å². The van der Waals surface area contributed by atoms with E-state index in [0.29, 0.717) is 30.5 Å². The lowest BCUT2D eigenvalue weighted by Crippen LogP contribution is -2.55. The van der Waals surface area contributed by atoms with Crippen molar-refractivity contribution >= 4 is 66.9 Å². The van der Waals surface area contributed by atoms with Crippen LogP contribution < -0.4 is 19.3 Å². The molecule has 2 fully saturated rings. The van der Waals surface area contributed by atoms with Crippen LogP contribution in [0.3, 0.4) is 0 Å². The minimum atomic E-state index is -4.43. The average molecular weight is 565 g/mol. The fourth-order valence-corrected chi connectivity index (χ4v) is 10.8. The van der Waals surface area contributed by atoms with E-state index in [0.717, 1.165) is 27.0 Å². The molecule has 3 atom stereocenters. The maximum absolute atomic E-state index is 13.3. The number of nitrogens with zero attached hydrogens (tertiary/aromatic N) is 3. The monoisotopic (exact) mass is 564 g/mol. The van der Waals surface area contributed by atoms with Crippen molar-refractivity contribution in [2.24, 2.45) is 0 Å². The number of thiazole rings is 2. The Morgan fingerprint density at radius 3 is 2.72 bits per heavy atom. The Bertz CT molecular complexity index is 1630. The second-order valence-electron chi connectivity index (χ2n) is 9.23. The summed E-state index contributed by atoms with van der Waals surface area (Å²) in [5, 5.41) is 1.02. The molecule has 11 heteroatoms. The molecule has 3 aromatic rings. The molecule has 1 spiro atoms. The summed E-state index contributed by atoms with van der Waals surface area (Å²) in [5.41, 5.74) is 1.14. The van der Waals surface area contributed by atoms with E-state index >= 15 is 0 Å². The van der Waals surface area contributed by atoms with Crippen LogP contribution in [0.25, 0.3) is 22.4 Å². The predicted molar refractivity (Wildman–Crippen MR) is 147 cm³/mol. The summed E-state index contributed by atoms with van der Waals surface area (Å²) in [6.07, 6.45) is 6.90. The molecular weight excluding hydrogens is 535 g/mol. The van der Waals surface area contributed by atoms with Gasteiger partial charge in [0.2, 0.25) is 5.52 Å². The summed E-state index contributed by atoms with van der Waals surface area (Å²) in [6.45, 7) is 8.15. The molecule has 2 saturated heterocycles. The Kier molecular flexibility index (Phi) is 7.08. The van der Waals surface area contributed by atoms with Crippen molar-refractivity contribution in [3.63, 3.8) is 0 Å². The van der Waals surface area contributed by atoms with Crippen LogP contribution in [0.1, 0.15) is 38.6 Å². The van der Waals surface area contributed by atoms with Crippen molar-refractivity contribution in [1.82, 2.24) is 4.57 Å². The molecule has 3 unspecified atom stereocenters. The smallest absolute Gasteiger partial charge is 0.269 e. The normalized spacial score (nSPS) is 26.8. The topological polar surface area (TPSA) is 83.1 Å². The number of benzene rings is 1. The van der Waals surface area contributed by atoms with Gasteiger partial charge in [0.25, 0.3) is 10.6 Å². The van der Waals surface area contributed by atoms with Gasteiger partial charge in [0, 0.05) is 31.5 Å². The number of thioether (sulfide) groups is 1.